The van der Waals surface area contributed by atoms with Gasteiger partial charge in [-0.25, -0.2) is 4.98 Å². The van der Waals surface area contributed by atoms with Crippen molar-refractivity contribution in [2.75, 3.05) is 20.5 Å². The second-order valence-electron chi connectivity index (χ2n) is 5.71. The zero-order chi connectivity index (χ0) is 19.2. The fourth-order valence-electron chi connectivity index (χ4n) is 2.71. The summed E-state index contributed by atoms with van der Waals surface area (Å²) >= 11 is 1.55. The molecule has 0 saturated carbocycles. The van der Waals surface area contributed by atoms with E-state index in [4.69, 9.17) is 9.47 Å². The molecular weight excluding hydrogens is 362 g/mol. The summed E-state index contributed by atoms with van der Waals surface area (Å²) in [4.78, 5) is 16.9. The van der Waals surface area contributed by atoms with Crippen molar-refractivity contribution in [3.05, 3.63) is 66.0 Å². The third kappa shape index (κ3) is 4.25. The number of hydrogen-bond donors (Lipinski definition) is 1. The molecule has 0 fully saturated rings. The highest BCUT2D eigenvalue weighted by atomic mass is 32.2. The van der Waals surface area contributed by atoms with Crippen molar-refractivity contribution in [2.24, 2.45) is 0 Å². The summed E-state index contributed by atoms with van der Waals surface area (Å²) in [6, 6.07) is 13.0. The van der Waals surface area contributed by atoms with Crippen molar-refractivity contribution < 1.29 is 14.3 Å². The summed E-state index contributed by atoms with van der Waals surface area (Å²) in [6.45, 7) is 0.393. The van der Waals surface area contributed by atoms with E-state index >= 15 is 0 Å². The highest BCUT2D eigenvalue weighted by Gasteiger charge is 2.10. The number of ether oxygens (including phenoxy) is 2. The van der Waals surface area contributed by atoms with Crippen molar-refractivity contribution >= 4 is 17.7 Å². The van der Waals surface area contributed by atoms with Crippen molar-refractivity contribution in [2.45, 2.75) is 11.7 Å². The molecule has 0 aliphatic rings. The first-order chi connectivity index (χ1) is 13.2. The Morgan fingerprint density at radius 1 is 1.15 bits per heavy atom. The Balaban J connectivity index is 1.73. The van der Waals surface area contributed by atoms with Gasteiger partial charge in [0, 0.05) is 30.2 Å². The molecule has 0 aliphatic carbocycles. The maximum absolute atomic E-state index is 12.6. The lowest BCUT2D eigenvalue weighted by molar-refractivity contribution is 0.0951. The molecule has 0 spiro atoms. The molecule has 2 aromatic carbocycles. The largest absolute Gasteiger partial charge is 0.493 e. The van der Waals surface area contributed by atoms with E-state index in [0.717, 1.165) is 16.4 Å². The van der Waals surface area contributed by atoms with Crippen LogP contribution in [0.25, 0.3) is 5.69 Å². The zero-order valence-electron chi connectivity index (χ0n) is 15.4. The minimum atomic E-state index is -0.141. The van der Waals surface area contributed by atoms with E-state index in [9.17, 15) is 4.79 Å². The lowest BCUT2D eigenvalue weighted by atomic mass is 10.1. The first kappa shape index (κ1) is 18.8. The van der Waals surface area contributed by atoms with Crippen molar-refractivity contribution in [1.82, 2.24) is 14.9 Å². The minimum absolute atomic E-state index is 0.141. The summed E-state index contributed by atoms with van der Waals surface area (Å²) in [5.74, 6) is 1.15. The van der Waals surface area contributed by atoms with Crippen LogP contribution in [-0.4, -0.2) is 35.9 Å². The summed E-state index contributed by atoms with van der Waals surface area (Å²) in [6.07, 6.45) is 5.60. The van der Waals surface area contributed by atoms with Crippen LogP contribution in [0.2, 0.25) is 0 Å². The number of carbonyl (C=O) groups is 1. The van der Waals surface area contributed by atoms with E-state index < -0.39 is 0 Å². The number of carbonyl (C=O) groups excluding carboxylic acids is 1. The van der Waals surface area contributed by atoms with Crippen LogP contribution in [0.1, 0.15) is 15.9 Å². The van der Waals surface area contributed by atoms with Gasteiger partial charge in [-0.05, 0) is 42.2 Å². The molecule has 0 atom stereocenters. The Morgan fingerprint density at radius 2 is 1.96 bits per heavy atom. The maximum atomic E-state index is 12.6. The van der Waals surface area contributed by atoms with Crippen LogP contribution in [0.5, 0.6) is 11.5 Å². The number of rotatable bonds is 7. The quantitative estimate of drug-likeness (QED) is 0.632. The van der Waals surface area contributed by atoms with Crippen LogP contribution in [-0.2, 0) is 6.54 Å². The van der Waals surface area contributed by atoms with Gasteiger partial charge in [0.2, 0.25) is 0 Å². The number of benzene rings is 2. The number of methoxy groups -OCH3 is 2. The van der Waals surface area contributed by atoms with Crippen LogP contribution in [0, 0.1) is 0 Å². The highest BCUT2D eigenvalue weighted by molar-refractivity contribution is 7.98. The van der Waals surface area contributed by atoms with Crippen molar-refractivity contribution in [1.29, 1.82) is 0 Å². The summed E-state index contributed by atoms with van der Waals surface area (Å²) in [5, 5.41) is 3.81. The standard InChI is InChI=1S/C20H21N3O3S/c1-25-17-8-7-14(11-18(17)26-2)13-22-19(24)15-5-4-6-16(12-15)23-10-9-21-20(23)27-3/h4-12H,13H2,1-3H3,(H,22,24). The molecule has 1 N–H and O–H groups in total. The lowest BCUT2D eigenvalue weighted by Gasteiger charge is -2.11. The molecule has 27 heavy (non-hydrogen) atoms. The fraction of sp³-hybridized carbons (Fsp3) is 0.200. The van der Waals surface area contributed by atoms with Gasteiger partial charge in [0.25, 0.3) is 5.91 Å². The molecule has 0 saturated heterocycles. The van der Waals surface area contributed by atoms with Gasteiger partial charge in [0.1, 0.15) is 0 Å². The third-order valence-electron chi connectivity index (χ3n) is 4.08. The molecule has 0 aliphatic heterocycles. The number of hydrogen-bond acceptors (Lipinski definition) is 5. The fourth-order valence-corrected chi connectivity index (χ4v) is 3.24. The van der Waals surface area contributed by atoms with Crippen molar-refractivity contribution in [3.63, 3.8) is 0 Å². The average Bonchev–Trinajstić information content (AvgIpc) is 3.20. The van der Waals surface area contributed by atoms with Gasteiger partial charge in [0.05, 0.1) is 14.2 Å². The van der Waals surface area contributed by atoms with E-state index in [0.29, 0.717) is 23.6 Å². The Hall–Kier alpha value is -2.93. The third-order valence-corrected chi connectivity index (χ3v) is 4.74. The molecule has 0 radical (unpaired) electrons. The molecule has 3 rings (SSSR count). The molecule has 1 heterocycles. The molecule has 140 valence electrons. The van der Waals surface area contributed by atoms with Gasteiger partial charge < -0.3 is 14.8 Å². The number of amides is 1. The summed E-state index contributed by atoms with van der Waals surface area (Å²) in [5.41, 5.74) is 2.42. The topological polar surface area (TPSA) is 65.4 Å². The first-order valence-corrected chi connectivity index (χ1v) is 9.55. The SMILES string of the molecule is COc1ccc(CNC(=O)c2cccc(-n3ccnc3SC)c2)cc1OC. The molecule has 1 amide bonds. The van der Waals surface area contributed by atoms with Gasteiger partial charge in [0.15, 0.2) is 16.7 Å². The number of aromatic nitrogens is 2. The first-order valence-electron chi connectivity index (χ1n) is 8.33. The van der Waals surface area contributed by atoms with E-state index in [2.05, 4.69) is 10.3 Å². The van der Waals surface area contributed by atoms with Crippen molar-refractivity contribution in [3.8, 4) is 17.2 Å². The van der Waals surface area contributed by atoms with Crippen LogP contribution in [0.15, 0.2) is 60.0 Å². The number of imidazole rings is 1. The molecule has 3 aromatic rings. The Bertz CT molecular complexity index is 940. The molecule has 0 bridgehead atoms. The Kier molecular flexibility index (Phi) is 6.03. The van der Waals surface area contributed by atoms with Crippen LogP contribution in [0.4, 0.5) is 0 Å². The Morgan fingerprint density at radius 3 is 2.70 bits per heavy atom. The van der Waals surface area contributed by atoms with E-state index in [1.54, 1.807) is 38.2 Å². The van der Waals surface area contributed by atoms with Gasteiger partial charge in [-0.1, -0.05) is 23.9 Å². The highest BCUT2D eigenvalue weighted by Crippen LogP contribution is 2.27. The number of nitrogens with zero attached hydrogens (tertiary/aromatic N) is 2. The predicted octanol–water partition coefficient (Wildman–Crippen LogP) is 3.54. The van der Waals surface area contributed by atoms with Gasteiger partial charge >= 0.3 is 0 Å². The second kappa shape index (κ2) is 8.64. The zero-order valence-corrected chi connectivity index (χ0v) is 16.2. The summed E-state index contributed by atoms with van der Waals surface area (Å²) in [7, 11) is 3.18. The van der Waals surface area contributed by atoms with E-state index in [1.165, 1.54) is 0 Å². The normalized spacial score (nSPS) is 10.5. The number of nitrogens with one attached hydrogen (secondary N) is 1. The van der Waals surface area contributed by atoms with Gasteiger partial charge in [-0.15, -0.1) is 0 Å². The van der Waals surface area contributed by atoms with Gasteiger partial charge in [-0.3, -0.25) is 9.36 Å². The van der Waals surface area contributed by atoms with Crippen LogP contribution in [0.3, 0.4) is 0 Å². The maximum Gasteiger partial charge on any atom is 0.251 e. The molecule has 7 heteroatoms. The number of thioether (sulfide) groups is 1. The van der Waals surface area contributed by atoms with Crippen LogP contribution >= 0.6 is 11.8 Å². The smallest absolute Gasteiger partial charge is 0.251 e. The monoisotopic (exact) mass is 383 g/mol. The summed E-state index contributed by atoms with van der Waals surface area (Å²) < 4.78 is 12.5. The molecule has 1 aromatic heterocycles. The lowest BCUT2D eigenvalue weighted by Crippen LogP contribution is -2.23. The van der Waals surface area contributed by atoms with Gasteiger partial charge in [-0.2, -0.15) is 0 Å². The predicted molar refractivity (Wildman–Crippen MR) is 106 cm³/mol. The van der Waals surface area contributed by atoms with Crippen LogP contribution < -0.4 is 14.8 Å². The molecular formula is C20H21N3O3S. The minimum Gasteiger partial charge on any atom is -0.493 e. The Labute approximate surface area is 162 Å². The molecule has 0 unspecified atom stereocenters. The second-order valence-corrected chi connectivity index (χ2v) is 6.48. The van der Waals surface area contributed by atoms with E-state index in [1.807, 2.05) is 53.4 Å². The average molecular weight is 383 g/mol. The van der Waals surface area contributed by atoms with E-state index in [-0.39, 0.29) is 5.91 Å². The molecule has 6 nitrogen and oxygen atoms in total.